The minimum absolute atomic E-state index is 0.00796. The van der Waals surface area contributed by atoms with Crippen LogP contribution in [0, 0.1) is 5.92 Å². The summed E-state index contributed by atoms with van der Waals surface area (Å²) < 4.78 is 65.4. The molecule has 0 saturated carbocycles. The number of hydrogen-bond acceptors (Lipinski definition) is 25. The molecule has 0 spiro atoms. The van der Waals surface area contributed by atoms with Crippen LogP contribution in [-0.4, -0.2) is 399 Å². The summed E-state index contributed by atoms with van der Waals surface area (Å²) in [5.74, 6) is 1.05. The molecule has 0 bridgehead atoms. The van der Waals surface area contributed by atoms with Crippen LogP contribution in [0.1, 0.15) is 173 Å². The third-order valence-electron chi connectivity index (χ3n) is 23.5. The Morgan fingerprint density at radius 2 is 0.712 bits per heavy atom. The van der Waals surface area contributed by atoms with Gasteiger partial charge in [-0.2, -0.15) is 0 Å². The number of benzene rings is 2. The normalized spacial score (nSPS) is 28.3. The summed E-state index contributed by atoms with van der Waals surface area (Å²) in [7, 11) is 33.3. The standard InChI is InChI=1S/C24H32N2O3.C12H24N2O3.C11H22N2O2.C11H22N2O.C11H23NO4.C10H20N2O.C9H19NO2.C7H15NO/c1-24(2,3)25-23(27)21-22(29-17-19-13-9-6-10-14-19)20(15-26(21)4)28-16-18-11-7-5-8-12-18;1-12(2,3)13-11(15)9-10(17-6)8(16-5)7-14(9)4;1-11(2,3)12-10(14)9-6-8(15-5)7-13(9)4;1-8-6-9(13(5)7-8)10(14)12-11(2,3)4;1-12-8(6-13-2)10(15-4)11(16-5)9(12)7-14-3;1-10(2,3)11-9(13)8-6-5-7-12(8)4;1-10-8(6-11-2)4-5-9(10)7-12-3;1-8-5-3-4-7(8)6-9-2/h5-14,20-22H,15-17H2,1-4H3,(H,25,27);8-10H,7H2,1-6H3,(H,13,15);8-9H,6-7H2,1-5H3,(H,12,14);8-9H,6-7H2,1-5H3,(H,12,14);8-11H,6-7H2,1-5H3;8H,5-7H2,1-4H3,(H,11,13);8-9H,4-7H2,1-3H3;7H,3-6H2,1-2H3/t20-,21+,22+;8-,9+,10+;8-,9-;8-,9+;8-,9+,10-,11-;8-;8-,9+;7-/m110110.0/s1. The lowest BCUT2D eigenvalue weighted by atomic mass is 10.0. The van der Waals surface area contributed by atoms with Gasteiger partial charge in [0.25, 0.3) is 0 Å². The van der Waals surface area contributed by atoms with E-state index in [9.17, 15) is 24.0 Å². The molecule has 0 unspecified atom stereocenters. The van der Waals surface area contributed by atoms with Gasteiger partial charge in [-0.3, -0.25) is 58.3 Å². The molecule has 8 fully saturated rings. The van der Waals surface area contributed by atoms with Crippen molar-refractivity contribution in [3.05, 3.63) is 71.8 Å². The summed E-state index contributed by atoms with van der Waals surface area (Å²) in [4.78, 5) is 78.0. The number of nitrogens with zero attached hydrogens (tertiary/aromatic N) is 8. The molecule has 30 heteroatoms. The number of carbonyl (C=O) groups excluding carboxylic acids is 5. The highest BCUT2D eigenvalue weighted by Gasteiger charge is 2.50. The summed E-state index contributed by atoms with van der Waals surface area (Å²) in [6, 6.07) is 21.9. The number of likely N-dealkylation sites (tertiary alicyclic amines) is 8. The van der Waals surface area contributed by atoms with Crippen molar-refractivity contribution in [1.82, 2.24) is 65.8 Å². The average molecular weight is 1770 g/mol. The van der Waals surface area contributed by atoms with E-state index in [-0.39, 0.29) is 136 Å². The van der Waals surface area contributed by atoms with E-state index in [0.29, 0.717) is 63.6 Å². The molecule has 10 rings (SSSR count). The van der Waals surface area contributed by atoms with Crippen molar-refractivity contribution >= 4 is 29.5 Å². The number of hydrogen-bond donors (Lipinski definition) is 5. The number of amides is 5. The third kappa shape index (κ3) is 40.7. The molecule has 2 aromatic rings. The number of carbonyl (C=O) groups is 5. The second kappa shape index (κ2) is 56.0. The first kappa shape index (κ1) is 114. The fourth-order valence-corrected chi connectivity index (χ4v) is 17.2. The lowest BCUT2D eigenvalue weighted by Gasteiger charge is -2.29. The van der Waals surface area contributed by atoms with E-state index in [0.717, 1.165) is 76.3 Å². The largest absolute Gasteiger partial charge is 0.383 e. The summed E-state index contributed by atoms with van der Waals surface area (Å²) in [6.45, 7) is 42.4. The Balaban J connectivity index is 0.000000378. The van der Waals surface area contributed by atoms with Gasteiger partial charge in [0.2, 0.25) is 29.5 Å². The maximum atomic E-state index is 13.0. The van der Waals surface area contributed by atoms with E-state index in [1.807, 2.05) is 210 Å². The molecule has 125 heavy (non-hydrogen) atoms. The summed E-state index contributed by atoms with van der Waals surface area (Å²) in [5, 5.41) is 15.1. The van der Waals surface area contributed by atoms with Crippen LogP contribution in [0.4, 0.5) is 0 Å². The van der Waals surface area contributed by atoms with Gasteiger partial charge in [-0.1, -0.05) is 67.6 Å². The molecule has 0 aliphatic carbocycles. The third-order valence-corrected chi connectivity index (χ3v) is 23.5. The maximum Gasteiger partial charge on any atom is 0.240 e. The van der Waals surface area contributed by atoms with Gasteiger partial charge in [0.05, 0.1) is 94.8 Å². The van der Waals surface area contributed by atoms with Crippen LogP contribution in [0.2, 0.25) is 0 Å². The van der Waals surface area contributed by atoms with Crippen molar-refractivity contribution in [3.63, 3.8) is 0 Å². The molecule has 8 saturated heterocycles. The Labute approximate surface area is 756 Å². The predicted molar refractivity (Wildman–Crippen MR) is 498 cm³/mol. The van der Waals surface area contributed by atoms with Crippen molar-refractivity contribution in [1.29, 1.82) is 0 Å². The van der Waals surface area contributed by atoms with E-state index in [1.165, 1.54) is 32.2 Å². The fourth-order valence-electron chi connectivity index (χ4n) is 17.2. The molecule has 724 valence electrons. The van der Waals surface area contributed by atoms with Crippen LogP contribution in [0.15, 0.2) is 60.7 Å². The van der Waals surface area contributed by atoms with Gasteiger partial charge in [0.15, 0.2) is 0 Å². The second-order valence-electron chi connectivity index (χ2n) is 40.3. The molecule has 5 N–H and O–H groups in total. The van der Waals surface area contributed by atoms with Gasteiger partial charge in [-0.25, -0.2) is 0 Å². The lowest BCUT2D eigenvalue weighted by Crippen LogP contribution is -2.53. The monoisotopic (exact) mass is 1770 g/mol. The highest BCUT2D eigenvalue weighted by molar-refractivity contribution is 5.85. The number of rotatable bonds is 26. The van der Waals surface area contributed by atoms with Crippen molar-refractivity contribution in [2.24, 2.45) is 5.92 Å². The minimum Gasteiger partial charge on any atom is -0.383 e. The highest BCUT2D eigenvalue weighted by Crippen LogP contribution is 2.31. The fraction of sp³-hybridized carbons (Fsp3) is 0.821. The minimum atomic E-state index is -0.390. The molecule has 0 aromatic heterocycles. The SMILES string of the molecule is CN1CCC[C@H]1C(=O)NC(C)(C)C.CN1C[C@@H](OCc2ccccc2)[C@H](OCc2ccccc2)[C@H]1C(=O)NC(C)(C)C.COC[C@@H]1CCCN1C.COC[C@@H]1[C@@H](OC)[C@H](OC)[C@H](COC)N1C.COC[C@H]1CC[C@@H](COC)N1C.CO[C@@H]1[C@@H](C(=O)NC(C)(C)C)N(C)C[C@H]1OC.CO[C@H]1C[C@@H](C(=O)NC(C)(C)C)N(C)C1.C[C@@H]1C[C@@H](C(=O)NC(C)(C)C)N(C)C1. The van der Waals surface area contributed by atoms with E-state index in [2.05, 4.69) is 84.1 Å². The van der Waals surface area contributed by atoms with Crippen LogP contribution in [0.3, 0.4) is 0 Å². The van der Waals surface area contributed by atoms with Gasteiger partial charge in [0.1, 0.15) is 36.5 Å². The molecular formula is C95H177N13O17. The highest BCUT2D eigenvalue weighted by atomic mass is 16.6. The maximum absolute atomic E-state index is 13.0. The smallest absolute Gasteiger partial charge is 0.240 e. The first-order valence-corrected chi connectivity index (χ1v) is 45.2. The number of methoxy groups -OCH3 is 10. The summed E-state index contributed by atoms with van der Waals surface area (Å²) in [6.07, 6.45) is 8.46. The summed E-state index contributed by atoms with van der Waals surface area (Å²) >= 11 is 0. The van der Waals surface area contributed by atoms with Crippen LogP contribution in [0.5, 0.6) is 0 Å². The first-order chi connectivity index (χ1) is 58.5. The van der Waals surface area contributed by atoms with Crippen molar-refractivity contribution in [2.45, 2.75) is 306 Å². The Morgan fingerprint density at radius 3 is 1.06 bits per heavy atom. The van der Waals surface area contributed by atoms with Gasteiger partial charge in [-0.15, -0.1) is 0 Å². The van der Waals surface area contributed by atoms with Gasteiger partial charge < -0.3 is 88.3 Å². The van der Waals surface area contributed by atoms with E-state index >= 15 is 0 Å². The first-order valence-electron chi connectivity index (χ1n) is 45.2. The van der Waals surface area contributed by atoms with Gasteiger partial charge in [-0.05, 0) is 242 Å². The van der Waals surface area contributed by atoms with E-state index in [4.69, 9.17) is 56.8 Å². The molecular weight excluding hydrogens is 1600 g/mol. The predicted octanol–water partition coefficient (Wildman–Crippen LogP) is 7.95. The molecule has 8 heterocycles. The lowest BCUT2D eigenvalue weighted by molar-refractivity contribution is -0.134. The zero-order valence-electron chi connectivity index (χ0n) is 84.0. The molecule has 0 radical (unpaired) electrons. The van der Waals surface area contributed by atoms with Crippen molar-refractivity contribution in [3.8, 4) is 0 Å². The van der Waals surface area contributed by atoms with Crippen LogP contribution >= 0.6 is 0 Å². The number of ether oxygens (including phenoxy) is 12. The molecule has 8 aliphatic heterocycles. The molecule has 5 amide bonds. The van der Waals surface area contributed by atoms with E-state index in [1.54, 1.807) is 71.1 Å². The average Bonchev–Trinajstić information content (AvgIpc) is 1.66. The van der Waals surface area contributed by atoms with Gasteiger partial charge in [0, 0.05) is 143 Å². The van der Waals surface area contributed by atoms with Crippen LogP contribution < -0.4 is 26.6 Å². The Morgan fingerprint density at radius 1 is 0.344 bits per heavy atom. The zero-order chi connectivity index (χ0) is 94.5. The van der Waals surface area contributed by atoms with Crippen LogP contribution in [-0.2, 0) is 94.0 Å². The van der Waals surface area contributed by atoms with Gasteiger partial charge >= 0.3 is 0 Å². The summed E-state index contributed by atoms with van der Waals surface area (Å²) in [5.41, 5.74) is 1.26. The van der Waals surface area contributed by atoms with E-state index < -0.39 is 6.04 Å². The molecule has 8 aliphatic rings. The Hall–Kier alpha value is -5.01. The topological polar surface area (TPSA) is 282 Å². The second-order valence-corrected chi connectivity index (χ2v) is 40.3. The van der Waals surface area contributed by atoms with Crippen LogP contribution in [0.25, 0.3) is 0 Å². The number of likely N-dealkylation sites (N-methyl/N-ethyl adjacent to an activating group) is 8. The molecule has 2 aromatic carbocycles. The Bertz CT molecular complexity index is 3270. The molecule has 30 nitrogen and oxygen atoms in total. The zero-order valence-corrected chi connectivity index (χ0v) is 84.0. The Kier molecular flexibility index (Phi) is 51.1. The molecule has 18 atom stereocenters. The number of nitrogens with one attached hydrogen (secondary N) is 5. The van der Waals surface area contributed by atoms with Crippen molar-refractivity contribution < 1.29 is 80.8 Å². The van der Waals surface area contributed by atoms with Crippen molar-refractivity contribution in [2.75, 3.05) is 200 Å². The quantitative estimate of drug-likeness (QED) is 0.0597.